The highest BCUT2D eigenvalue weighted by Gasteiger charge is 2.11. The van der Waals surface area contributed by atoms with Crippen LogP contribution in [0.3, 0.4) is 0 Å². The van der Waals surface area contributed by atoms with Gasteiger partial charge in [-0.1, -0.05) is 0 Å². The Hall–Kier alpha value is -0.900. The van der Waals surface area contributed by atoms with Gasteiger partial charge < -0.3 is 9.47 Å². The molecule has 0 N–H and O–H groups in total. The van der Waals surface area contributed by atoms with Crippen molar-refractivity contribution in [2.75, 3.05) is 19.5 Å². The van der Waals surface area contributed by atoms with Crippen molar-refractivity contribution in [3.8, 4) is 11.5 Å². The third-order valence-electron chi connectivity index (χ3n) is 1.61. The largest absolute Gasteiger partial charge is 0.486 e. The van der Waals surface area contributed by atoms with Crippen LogP contribution in [0.1, 0.15) is 0 Å². The predicted molar refractivity (Wildman–Crippen MR) is 47.0 cm³/mol. The number of fused-ring (bicyclic) bond motifs is 1. The molecule has 4 heteroatoms. The van der Waals surface area contributed by atoms with Gasteiger partial charge in [-0.3, -0.25) is 0 Å². The molecule has 1 aromatic heterocycles. The van der Waals surface area contributed by atoms with E-state index in [1.165, 1.54) is 0 Å². The summed E-state index contributed by atoms with van der Waals surface area (Å²) in [4.78, 5) is 4.17. The van der Waals surface area contributed by atoms with Gasteiger partial charge in [0.1, 0.15) is 13.2 Å². The van der Waals surface area contributed by atoms with E-state index in [0.717, 1.165) is 16.5 Å². The van der Waals surface area contributed by atoms with Gasteiger partial charge in [-0.25, -0.2) is 4.98 Å². The first-order valence-electron chi connectivity index (χ1n) is 3.70. The summed E-state index contributed by atoms with van der Waals surface area (Å²) in [6.07, 6.45) is 3.69. The highest BCUT2D eigenvalue weighted by Crippen LogP contribution is 2.31. The van der Waals surface area contributed by atoms with Crippen LogP contribution in [0.4, 0.5) is 0 Å². The van der Waals surface area contributed by atoms with Gasteiger partial charge in [-0.2, -0.15) is 0 Å². The third-order valence-corrected chi connectivity index (χ3v) is 2.26. The van der Waals surface area contributed by atoms with E-state index in [4.69, 9.17) is 9.47 Å². The summed E-state index contributed by atoms with van der Waals surface area (Å²) in [6, 6.07) is 1.90. The van der Waals surface area contributed by atoms with E-state index >= 15 is 0 Å². The van der Waals surface area contributed by atoms with Crippen LogP contribution in [-0.4, -0.2) is 24.5 Å². The molecule has 1 aliphatic rings. The highest BCUT2D eigenvalue weighted by molar-refractivity contribution is 7.98. The molecule has 0 amide bonds. The lowest BCUT2D eigenvalue weighted by Gasteiger charge is -2.17. The summed E-state index contributed by atoms with van der Waals surface area (Å²) in [5.74, 6) is 1.56. The zero-order chi connectivity index (χ0) is 8.39. The van der Waals surface area contributed by atoms with E-state index in [9.17, 15) is 0 Å². The van der Waals surface area contributed by atoms with Crippen LogP contribution in [-0.2, 0) is 0 Å². The van der Waals surface area contributed by atoms with Crippen LogP contribution in [0.2, 0.25) is 0 Å². The fraction of sp³-hybridized carbons (Fsp3) is 0.375. The van der Waals surface area contributed by atoms with Gasteiger partial charge in [0.15, 0.2) is 11.5 Å². The smallest absolute Gasteiger partial charge is 0.179 e. The molecule has 0 saturated heterocycles. The lowest BCUT2D eigenvalue weighted by Crippen LogP contribution is -2.15. The third kappa shape index (κ3) is 1.34. The van der Waals surface area contributed by atoms with Crippen molar-refractivity contribution < 1.29 is 9.47 Å². The van der Waals surface area contributed by atoms with Crippen LogP contribution < -0.4 is 9.47 Å². The van der Waals surface area contributed by atoms with Crippen LogP contribution >= 0.6 is 11.8 Å². The fourth-order valence-corrected chi connectivity index (χ4v) is 1.43. The highest BCUT2D eigenvalue weighted by atomic mass is 32.2. The number of thioether (sulfide) groups is 1. The first-order chi connectivity index (χ1) is 5.90. The molecule has 0 fully saturated rings. The SMILES string of the molecule is CSc1cc2c(cn1)OCCO2. The number of aromatic nitrogens is 1. The van der Waals surface area contributed by atoms with Gasteiger partial charge in [-0.15, -0.1) is 11.8 Å². The maximum Gasteiger partial charge on any atom is 0.179 e. The molecule has 0 spiro atoms. The average molecular weight is 183 g/mol. The zero-order valence-corrected chi connectivity index (χ0v) is 7.56. The van der Waals surface area contributed by atoms with Crippen molar-refractivity contribution in [3.05, 3.63) is 12.3 Å². The van der Waals surface area contributed by atoms with E-state index in [2.05, 4.69) is 4.98 Å². The summed E-state index contributed by atoms with van der Waals surface area (Å²) in [5.41, 5.74) is 0. The normalized spacial score (nSPS) is 14.4. The quantitative estimate of drug-likeness (QED) is 0.618. The molecule has 64 valence electrons. The Morgan fingerprint density at radius 3 is 2.83 bits per heavy atom. The lowest BCUT2D eigenvalue weighted by atomic mass is 10.4. The molecule has 1 aromatic rings. The first-order valence-corrected chi connectivity index (χ1v) is 4.92. The summed E-state index contributed by atoms with van der Waals surface area (Å²) in [6.45, 7) is 1.25. The Kier molecular flexibility index (Phi) is 2.08. The molecule has 3 nitrogen and oxygen atoms in total. The van der Waals surface area contributed by atoms with E-state index in [0.29, 0.717) is 13.2 Å². The van der Waals surface area contributed by atoms with Crippen molar-refractivity contribution in [2.24, 2.45) is 0 Å². The predicted octanol–water partition coefficient (Wildman–Crippen LogP) is 1.57. The molecule has 0 unspecified atom stereocenters. The van der Waals surface area contributed by atoms with Gasteiger partial charge in [-0.05, 0) is 6.26 Å². The Morgan fingerprint density at radius 1 is 1.33 bits per heavy atom. The van der Waals surface area contributed by atoms with Crippen molar-refractivity contribution in [1.82, 2.24) is 4.98 Å². The second kappa shape index (κ2) is 3.23. The minimum Gasteiger partial charge on any atom is -0.486 e. The van der Waals surface area contributed by atoms with Crippen LogP contribution in [0.15, 0.2) is 17.3 Å². The molecular weight excluding hydrogens is 174 g/mol. The van der Waals surface area contributed by atoms with Gasteiger partial charge in [0.05, 0.1) is 11.2 Å². The molecule has 2 rings (SSSR count). The second-order valence-corrected chi connectivity index (χ2v) is 3.20. The summed E-state index contributed by atoms with van der Waals surface area (Å²) in [7, 11) is 0. The molecule has 12 heavy (non-hydrogen) atoms. The summed E-state index contributed by atoms with van der Waals surface area (Å²) < 4.78 is 10.7. The second-order valence-electron chi connectivity index (χ2n) is 2.37. The number of pyridine rings is 1. The molecule has 2 heterocycles. The fourth-order valence-electron chi connectivity index (χ4n) is 1.04. The van der Waals surface area contributed by atoms with Crippen molar-refractivity contribution in [2.45, 2.75) is 5.03 Å². The molecule has 0 radical (unpaired) electrons. The van der Waals surface area contributed by atoms with E-state index in [-0.39, 0.29) is 0 Å². The minimum absolute atomic E-state index is 0.618. The molecule has 0 atom stereocenters. The molecule has 0 aliphatic carbocycles. The molecule has 0 aromatic carbocycles. The van der Waals surface area contributed by atoms with E-state index in [1.807, 2.05) is 12.3 Å². The summed E-state index contributed by atoms with van der Waals surface area (Å²) in [5, 5.41) is 0.958. The van der Waals surface area contributed by atoms with Crippen LogP contribution in [0, 0.1) is 0 Å². The van der Waals surface area contributed by atoms with Crippen LogP contribution in [0.5, 0.6) is 11.5 Å². The standard InChI is InChI=1S/C8H9NO2S/c1-12-8-4-6-7(5-9-8)11-3-2-10-6/h4-5H,2-3H2,1H3. The topological polar surface area (TPSA) is 31.4 Å². The number of ether oxygens (including phenoxy) is 2. The molecular formula is C8H9NO2S. The van der Waals surface area contributed by atoms with Crippen LogP contribution in [0.25, 0.3) is 0 Å². The van der Waals surface area contributed by atoms with Gasteiger partial charge in [0.25, 0.3) is 0 Å². The molecule has 0 bridgehead atoms. The summed E-state index contributed by atoms with van der Waals surface area (Å²) >= 11 is 1.59. The van der Waals surface area contributed by atoms with Gasteiger partial charge in [0.2, 0.25) is 0 Å². The maximum absolute atomic E-state index is 5.39. The van der Waals surface area contributed by atoms with Crippen molar-refractivity contribution >= 4 is 11.8 Å². The maximum atomic E-state index is 5.39. The number of hydrogen-bond donors (Lipinski definition) is 0. The average Bonchev–Trinajstić information content (AvgIpc) is 2.17. The number of rotatable bonds is 1. The van der Waals surface area contributed by atoms with Crippen molar-refractivity contribution in [3.63, 3.8) is 0 Å². The molecule has 1 aliphatic heterocycles. The number of nitrogens with zero attached hydrogens (tertiary/aromatic N) is 1. The minimum atomic E-state index is 0.618. The number of hydrogen-bond acceptors (Lipinski definition) is 4. The Labute approximate surface area is 75.1 Å². The van der Waals surface area contributed by atoms with E-state index in [1.54, 1.807) is 18.0 Å². The Morgan fingerprint density at radius 2 is 2.08 bits per heavy atom. The van der Waals surface area contributed by atoms with Crippen molar-refractivity contribution in [1.29, 1.82) is 0 Å². The Bertz CT molecular complexity index is 290. The lowest BCUT2D eigenvalue weighted by molar-refractivity contribution is 0.170. The Balaban J connectivity index is 2.36. The first kappa shape index (κ1) is 7.73. The van der Waals surface area contributed by atoms with Gasteiger partial charge in [0, 0.05) is 6.07 Å². The monoisotopic (exact) mass is 183 g/mol. The zero-order valence-electron chi connectivity index (χ0n) is 6.74. The van der Waals surface area contributed by atoms with Gasteiger partial charge >= 0.3 is 0 Å². The van der Waals surface area contributed by atoms with E-state index < -0.39 is 0 Å². The molecule has 0 saturated carbocycles.